The summed E-state index contributed by atoms with van der Waals surface area (Å²) < 4.78 is 0. The van der Waals surface area contributed by atoms with Gasteiger partial charge in [0.15, 0.2) is 11.6 Å². The highest BCUT2D eigenvalue weighted by molar-refractivity contribution is 6.18. The van der Waals surface area contributed by atoms with Gasteiger partial charge in [-0.15, -0.1) is 0 Å². The molecule has 0 saturated carbocycles. The molecule has 0 fully saturated rings. The Hall–Kier alpha value is -1.96. The van der Waals surface area contributed by atoms with Crippen molar-refractivity contribution in [3.63, 3.8) is 0 Å². The summed E-state index contributed by atoms with van der Waals surface area (Å²) >= 11 is 0. The standard InChI is InChI=1S/C15H14O2/c1-15(2,11-6-4-3-5-7-11)13-10-12(16)8-9-14(13)17/h3-10H,1-2H3/p+1. The largest absolute Gasteiger partial charge is 1.00 e. The minimum Gasteiger partial charge on any atom is -0.290 e. The van der Waals surface area contributed by atoms with E-state index in [1.165, 1.54) is 18.2 Å². The zero-order valence-electron chi connectivity index (χ0n) is 10.9. The first-order valence-electron chi connectivity index (χ1n) is 5.56. The highest BCUT2D eigenvalue weighted by Gasteiger charge is 2.31. The van der Waals surface area contributed by atoms with Crippen LogP contribution in [0, 0.1) is 0 Å². The van der Waals surface area contributed by atoms with Gasteiger partial charge in [-0.05, 0) is 23.8 Å². The minimum atomic E-state index is -0.446. The Morgan fingerprint density at radius 3 is 2.29 bits per heavy atom. The molecule has 17 heavy (non-hydrogen) atoms. The molecule has 0 radical (unpaired) electrons. The molecule has 86 valence electrons. The Balaban J connectivity index is 0.00000162. The molecule has 1 aliphatic rings. The van der Waals surface area contributed by atoms with Crippen molar-refractivity contribution in [1.82, 2.24) is 0 Å². The molecule has 0 atom stereocenters. The second-order valence-corrected chi connectivity index (χ2v) is 4.65. The Labute approximate surface area is 102 Å². The third kappa shape index (κ3) is 2.11. The van der Waals surface area contributed by atoms with Gasteiger partial charge in [0, 0.05) is 11.0 Å². The molecule has 0 heterocycles. The lowest BCUT2D eigenvalue weighted by Crippen LogP contribution is -2.27. The minimum absolute atomic E-state index is 0. The number of carbonyl (C=O) groups excluding carboxylic acids is 2. The van der Waals surface area contributed by atoms with E-state index < -0.39 is 5.41 Å². The Morgan fingerprint density at radius 2 is 1.65 bits per heavy atom. The number of allylic oxidation sites excluding steroid dienone is 4. The first-order valence-corrected chi connectivity index (χ1v) is 5.56. The van der Waals surface area contributed by atoms with Crippen LogP contribution in [0.25, 0.3) is 0 Å². The molecule has 1 aliphatic carbocycles. The van der Waals surface area contributed by atoms with Crippen LogP contribution in [0.1, 0.15) is 20.8 Å². The second kappa shape index (κ2) is 4.13. The fourth-order valence-corrected chi connectivity index (χ4v) is 2.01. The maximum absolute atomic E-state index is 11.9. The molecule has 2 heteroatoms. The predicted octanol–water partition coefficient (Wildman–Crippen LogP) is 2.71. The SMILES string of the molecule is CC(C)(C1=CC(=O)C=CC1=O)c1ccccc1.[H+]. The number of benzene rings is 1. The van der Waals surface area contributed by atoms with Crippen LogP contribution in [0.15, 0.2) is 54.1 Å². The van der Waals surface area contributed by atoms with Gasteiger partial charge in [0.1, 0.15) is 0 Å². The van der Waals surface area contributed by atoms with Crippen molar-refractivity contribution in [2.75, 3.05) is 0 Å². The average molecular weight is 227 g/mol. The number of hydrogen-bond donors (Lipinski definition) is 0. The highest BCUT2D eigenvalue weighted by Crippen LogP contribution is 2.33. The van der Waals surface area contributed by atoms with E-state index in [4.69, 9.17) is 0 Å². The normalized spacial score (nSPS) is 16.0. The van der Waals surface area contributed by atoms with Gasteiger partial charge in [0.05, 0.1) is 0 Å². The third-order valence-corrected chi connectivity index (χ3v) is 3.12. The van der Waals surface area contributed by atoms with Gasteiger partial charge in [0.2, 0.25) is 0 Å². The third-order valence-electron chi connectivity index (χ3n) is 3.12. The topological polar surface area (TPSA) is 34.1 Å². The van der Waals surface area contributed by atoms with Crippen molar-refractivity contribution < 1.29 is 11.0 Å². The number of rotatable bonds is 2. The van der Waals surface area contributed by atoms with Crippen LogP contribution in [0.2, 0.25) is 0 Å². The van der Waals surface area contributed by atoms with Crippen LogP contribution in [-0.4, -0.2) is 11.6 Å². The molecule has 0 aliphatic heterocycles. The molecule has 0 saturated heterocycles. The molecule has 2 rings (SSSR count). The van der Waals surface area contributed by atoms with Crippen LogP contribution in [0.4, 0.5) is 0 Å². The molecule has 0 aromatic heterocycles. The van der Waals surface area contributed by atoms with Gasteiger partial charge < -0.3 is 0 Å². The van der Waals surface area contributed by atoms with Gasteiger partial charge in [-0.3, -0.25) is 9.59 Å². The molecular weight excluding hydrogens is 212 g/mol. The molecule has 0 bridgehead atoms. The van der Waals surface area contributed by atoms with Crippen LogP contribution < -0.4 is 0 Å². The second-order valence-electron chi connectivity index (χ2n) is 4.65. The first kappa shape index (κ1) is 11.5. The van der Waals surface area contributed by atoms with E-state index in [1.807, 2.05) is 44.2 Å². The molecule has 1 aromatic carbocycles. The maximum atomic E-state index is 11.9. The summed E-state index contributed by atoms with van der Waals surface area (Å²) in [5.41, 5.74) is 1.14. The fourth-order valence-electron chi connectivity index (χ4n) is 2.01. The summed E-state index contributed by atoms with van der Waals surface area (Å²) in [7, 11) is 0. The predicted molar refractivity (Wildman–Crippen MR) is 67.8 cm³/mol. The lowest BCUT2D eigenvalue weighted by molar-refractivity contribution is -0.115. The van der Waals surface area contributed by atoms with Gasteiger partial charge in [-0.1, -0.05) is 44.2 Å². The Bertz CT molecular complexity index is 525. The average Bonchev–Trinajstić information content (AvgIpc) is 2.33. The highest BCUT2D eigenvalue weighted by atomic mass is 16.1. The monoisotopic (exact) mass is 227 g/mol. The van der Waals surface area contributed by atoms with Gasteiger partial charge >= 0.3 is 1.43 Å². The van der Waals surface area contributed by atoms with E-state index in [9.17, 15) is 9.59 Å². The molecule has 0 amide bonds. The smallest absolute Gasteiger partial charge is 0.290 e. The summed E-state index contributed by atoms with van der Waals surface area (Å²) in [6, 6.07) is 9.74. The molecule has 1 aromatic rings. The van der Waals surface area contributed by atoms with Gasteiger partial charge in [-0.2, -0.15) is 0 Å². The lowest BCUT2D eigenvalue weighted by Gasteiger charge is -2.28. The van der Waals surface area contributed by atoms with Crippen molar-refractivity contribution in [3.8, 4) is 0 Å². The number of carbonyl (C=O) groups is 2. The summed E-state index contributed by atoms with van der Waals surface area (Å²) in [6.07, 6.45) is 4.10. The van der Waals surface area contributed by atoms with Crippen molar-refractivity contribution >= 4 is 11.6 Å². The summed E-state index contributed by atoms with van der Waals surface area (Å²) in [4.78, 5) is 23.2. The van der Waals surface area contributed by atoms with Crippen molar-refractivity contribution in [3.05, 3.63) is 59.7 Å². The van der Waals surface area contributed by atoms with Crippen molar-refractivity contribution in [2.24, 2.45) is 0 Å². The molecule has 2 nitrogen and oxygen atoms in total. The van der Waals surface area contributed by atoms with E-state index in [1.54, 1.807) is 0 Å². The summed E-state index contributed by atoms with van der Waals surface area (Å²) in [5.74, 6) is -0.206. The van der Waals surface area contributed by atoms with Crippen LogP contribution in [0.3, 0.4) is 0 Å². The van der Waals surface area contributed by atoms with Crippen LogP contribution >= 0.6 is 0 Å². The Kier molecular flexibility index (Phi) is 2.80. The van der Waals surface area contributed by atoms with E-state index >= 15 is 0 Å². The lowest BCUT2D eigenvalue weighted by atomic mass is 9.74. The fraction of sp³-hybridized carbons (Fsp3) is 0.200. The van der Waals surface area contributed by atoms with E-state index in [-0.39, 0.29) is 13.0 Å². The van der Waals surface area contributed by atoms with E-state index in [2.05, 4.69) is 0 Å². The summed E-state index contributed by atoms with van der Waals surface area (Å²) in [5, 5.41) is 0. The molecule has 0 spiro atoms. The van der Waals surface area contributed by atoms with Gasteiger partial charge in [0.25, 0.3) is 0 Å². The van der Waals surface area contributed by atoms with E-state index in [0.29, 0.717) is 5.57 Å². The van der Waals surface area contributed by atoms with Crippen molar-refractivity contribution in [2.45, 2.75) is 19.3 Å². The maximum Gasteiger partial charge on any atom is 1.00 e. The van der Waals surface area contributed by atoms with E-state index in [0.717, 1.165) is 5.56 Å². The molecular formula is C15H15O2+. The number of ketones is 2. The quantitative estimate of drug-likeness (QED) is 0.728. The zero-order valence-corrected chi connectivity index (χ0v) is 9.94. The molecule has 0 N–H and O–H groups in total. The zero-order chi connectivity index (χ0) is 12.5. The van der Waals surface area contributed by atoms with Gasteiger partial charge in [-0.25, -0.2) is 0 Å². The summed E-state index contributed by atoms with van der Waals surface area (Å²) in [6.45, 7) is 3.91. The number of hydrogen-bond acceptors (Lipinski definition) is 2. The van der Waals surface area contributed by atoms with Crippen molar-refractivity contribution in [1.29, 1.82) is 0 Å². The first-order chi connectivity index (χ1) is 8.01. The van der Waals surface area contributed by atoms with Crippen LogP contribution in [0.5, 0.6) is 0 Å². The Morgan fingerprint density at radius 1 is 1.00 bits per heavy atom. The van der Waals surface area contributed by atoms with Crippen LogP contribution in [-0.2, 0) is 15.0 Å². The molecule has 0 unspecified atom stereocenters.